The number of benzene rings is 2. The van der Waals surface area contributed by atoms with Gasteiger partial charge in [-0.15, -0.1) is 0 Å². The Morgan fingerprint density at radius 2 is 1.88 bits per heavy atom. The maximum atomic E-state index is 12.3. The number of ether oxygens (including phenoxy) is 2. The summed E-state index contributed by atoms with van der Waals surface area (Å²) >= 11 is 5.86. The fraction of sp³-hybridized carbons (Fsp3) is 0.111. The molecule has 3 rings (SSSR count). The Hall–Kier alpha value is -2.99. The number of nitrogens with zero attached hydrogens (tertiary/aromatic N) is 2. The summed E-state index contributed by atoms with van der Waals surface area (Å²) < 4.78 is 12.2. The fourth-order valence-corrected chi connectivity index (χ4v) is 2.49. The largest absolute Gasteiger partial charge is 0.497 e. The number of nitrogens with one attached hydrogen (secondary N) is 1. The molecule has 0 bridgehead atoms. The summed E-state index contributed by atoms with van der Waals surface area (Å²) in [6.45, 7) is 0. The highest BCUT2D eigenvalue weighted by molar-refractivity contribution is 6.29. The second-order valence-corrected chi connectivity index (χ2v) is 5.56. The van der Waals surface area contributed by atoms with E-state index in [1.807, 2.05) is 6.07 Å². The Morgan fingerprint density at radius 3 is 2.48 bits per heavy atom. The Bertz CT molecular complexity index is 891. The molecule has 6 nitrogen and oxygen atoms in total. The number of methoxy groups -OCH3 is 2. The minimum absolute atomic E-state index is 0.219. The van der Waals surface area contributed by atoms with Crippen molar-refractivity contribution >= 4 is 23.2 Å². The van der Waals surface area contributed by atoms with Crippen LogP contribution in [-0.4, -0.2) is 29.7 Å². The van der Waals surface area contributed by atoms with Crippen molar-refractivity contribution in [1.82, 2.24) is 9.55 Å². The van der Waals surface area contributed by atoms with E-state index in [-0.39, 0.29) is 5.91 Å². The molecule has 2 aromatic carbocycles. The number of imidazole rings is 1. The fourth-order valence-electron chi connectivity index (χ4n) is 2.34. The third-order valence-electron chi connectivity index (χ3n) is 3.62. The maximum Gasteiger partial charge on any atom is 0.255 e. The van der Waals surface area contributed by atoms with Crippen molar-refractivity contribution in [1.29, 1.82) is 0 Å². The average molecular weight is 358 g/mol. The van der Waals surface area contributed by atoms with Crippen molar-refractivity contribution < 1.29 is 14.3 Å². The zero-order valence-corrected chi connectivity index (χ0v) is 14.4. The Labute approximate surface area is 150 Å². The molecule has 0 radical (unpaired) electrons. The topological polar surface area (TPSA) is 65.4 Å². The first-order chi connectivity index (χ1) is 12.1. The highest BCUT2D eigenvalue weighted by atomic mass is 35.5. The van der Waals surface area contributed by atoms with Gasteiger partial charge in [0.1, 0.15) is 23.0 Å². The van der Waals surface area contributed by atoms with E-state index < -0.39 is 0 Å². The molecule has 1 N–H and O–H groups in total. The molecule has 0 aliphatic carbocycles. The molecule has 7 heteroatoms. The molecule has 0 aliphatic heterocycles. The SMILES string of the molecule is COc1ccc(C(=O)Nc2ccc(-n3cnc(Cl)c3)c(OC)c2)cc1. The predicted molar refractivity (Wildman–Crippen MR) is 96.1 cm³/mol. The van der Waals surface area contributed by atoms with Gasteiger partial charge in [0.05, 0.1) is 19.9 Å². The van der Waals surface area contributed by atoms with Gasteiger partial charge in [-0.25, -0.2) is 4.98 Å². The predicted octanol–water partition coefficient (Wildman–Crippen LogP) is 3.80. The Kier molecular flexibility index (Phi) is 4.90. The number of hydrogen-bond donors (Lipinski definition) is 1. The van der Waals surface area contributed by atoms with E-state index in [2.05, 4.69) is 10.3 Å². The molecule has 0 atom stereocenters. The lowest BCUT2D eigenvalue weighted by atomic mass is 10.2. The van der Waals surface area contributed by atoms with Crippen molar-refractivity contribution in [3.05, 3.63) is 65.7 Å². The van der Waals surface area contributed by atoms with Gasteiger partial charge in [0.25, 0.3) is 5.91 Å². The molecule has 1 aromatic heterocycles. The first-order valence-corrected chi connectivity index (χ1v) is 7.82. The van der Waals surface area contributed by atoms with Crippen LogP contribution in [0, 0.1) is 0 Å². The Balaban J connectivity index is 1.81. The minimum Gasteiger partial charge on any atom is -0.497 e. The van der Waals surface area contributed by atoms with Crippen molar-refractivity contribution in [2.45, 2.75) is 0 Å². The van der Waals surface area contributed by atoms with Crippen LogP contribution in [0.4, 0.5) is 5.69 Å². The average Bonchev–Trinajstić information content (AvgIpc) is 3.07. The van der Waals surface area contributed by atoms with Crippen LogP contribution < -0.4 is 14.8 Å². The molecule has 0 saturated carbocycles. The molecular formula is C18H16ClN3O3. The van der Waals surface area contributed by atoms with Gasteiger partial charge in [-0.3, -0.25) is 4.79 Å². The van der Waals surface area contributed by atoms with Gasteiger partial charge in [0, 0.05) is 23.5 Å². The molecule has 0 aliphatic rings. The van der Waals surface area contributed by atoms with Crippen LogP contribution in [0.5, 0.6) is 11.5 Å². The molecule has 128 valence electrons. The number of hydrogen-bond acceptors (Lipinski definition) is 4. The first kappa shape index (κ1) is 16.9. The summed E-state index contributed by atoms with van der Waals surface area (Å²) in [6.07, 6.45) is 3.27. The monoisotopic (exact) mass is 357 g/mol. The van der Waals surface area contributed by atoms with Crippen LogP contribution in [0.25, 0.3) is 5.69 Å². The maximum absolute atomic E-state index is 12.3. The van der Waals surface area contributed by atoms with Crippen LogP contribution >= 0.6 is 11.6 Å². The highest BCUT2D eigenvalue weighted by Gasteiger charge is 2.11. The molecule has 25 heavy (non-hydrogen) atoms. The minimum atomic E-state index is -0.219. The summed E-state index contributed by atoms with van der Waals surface area (Å²) in [5.74, 6) is 1.06. The van der Waals surface area contributed by atoms with Crippen molar-refractivity contribution in [2.75, 3.05) is 19.5 Å². The second kappa shape index (κ2) is 7.27. The van der Waals surface area contributed by atoms with Gasteiger partial charge in [0.2, 0.25) is 0 Å². The lowest BCUT2D eigenvalue weighted by Crippen LogP contribution is -2.12. The summed E-state index contributed by atoms with van der Waals surface area (Å²) in [4.78, 5) is 16.3. The van der Waals surface area contributed by atoms with E-state index in [4.69, 9.17) is 21.1 Å². The highest BCUT2D eigenvalue weighted by Crippen LogP contribution is 2.27. The quantitative estimate of drug-likeness (QED) is 0.754. The first-order valence-electron chi connectivity index (χ1n) is 7.44. The Morgan fingerprint density at radius 1 is 1.12 bits per heavy atom. The van der Waals surface area contributed by atoms with Crippen LogP contribution in [0.3, 0.4) is 0 Å². The number of anilines is 1. The van der Waals surface area contributed by atoms with Crippen LogP contribution in [0.1, 0.15) is 10.4 Å². The van der Waals surface area contributed by atoms with Crippen molar-refractivity contribution in [2.24, 2.45) is 0 Å². The van der Waals surface area contributed by atoms with E-state index in [0.717, 1.165) is 5.69 Å². The van der Waals surface area contributed by atoms with E-state index in [9.17, 15) is 4.79 Å². The third kappa shape index (κ3) is 3.75. The molecule has 0 saturated heterocycles. The van der Waals surface area contributed by atoms with Gasteiger partial charge < -0.3 is 19.4 Å². The number of carbonyl (C=O) groups excluding carboxylic acids is 1. The molecule has 0 fully saturated rings. The summed E-state index contributed by atoms with van der Waals surface area (Å²) in [5, 5.41) is 3.23. The molecule has 3 aromatic rings. The van der Waals surface area contributed by atoms with Crippen LogP contribution in [0.15, 0.2) is 55.0 Å². The standard InChI is InChI=1S/C18H16ClN3O3/c1-24-14-6-3-12(4-7-14)18(23)21-13-5-8-15(16(9-13)25-2)22-10-17(19)20-11-22/h3-11H,1-2H3,(H,21,23). The number of amides is 1. The smallest absolute Gasteiger partial charge is 0.255 e. The zero-order chi connectivity index (χ0) is 17.8. The second-order valence-electron chi connectivity index (χ2n) is 5.17. The van der Waals surface area contributed by atoms with E-state index in [1.54, 1.807) is 67.7 Å². The number of aromatic nitrogens is 2. The normalized spacial score (nSPS) is 10.4. The lowest BCUT2D eigenvalue weighted by Gasteiger charge is -2.12. The summed E-state index contributed by atoms with van der Waals surface area (Å²) in [6, 6.07) is 12.2. The number of halogens is 1. The summed E-state index contributed by atoms with van der Waals surface area (Å²) in [7, 11) is 3.14. The number of carbonyl (C=O) groups is 1. The van der Waals surface area contributed by atoms with Gasteiger partial charge in [-0.2, -0.15) is 0 Å². The third-order valence-corrected chi connectivity index (χ3v) is 3.81. The summed E-state index contributed by atoms with van der Waals surface area (Å²) in [5.41, 5.74) is 1.92. The molecular weight excluding hydrogens is 342 g/mol. The molecule has 1 heterocycles. The van der Waals surface area contributed by atoms with Crippen molar-refractivity contribution in [3.8, 4) is 17.2 Å². The van der Waals surface area contributed by atoms with Crippen LogP contribution in [0.2, 0.25) is 5.15 Å². The molecule has 0 unspecified atom stereocenters. The van der Waals surface area contributed by atoms with E-state index in [0.29, 0.717) is 27.9 Å². The zero-order valence-electron chi connectivity index (χ0n) is 13.7. The molecule has 0 spiro atoms. The van der Waals surface area contributed by atoms with Crippen LogP contribution in [-0.2, 0) is 0 Å². The van der Waals surface area contributed by atoms with Gasteiger partial charge in [-0.05, 0) is 36.4 Å². The van der Waals surface area contributed by atoms with Gasteiger partial charge in [-0.1, -0.05) is 11.6 Å². The number of rotatable bonds is 5. The lowest BCUT2D eigenvalue weighted by molar-refractivity contribution is 0.102. The van der Waals surface area contributed by atoms with Gasteiger partial charge >= 0.3 is 0 Å². The van der Waals surface area contributed by atoms with E-state index >= 15 is 0 Å². The van der Waals surface area contributed by atoms with Gasteiger partial charge in [0.15, 0.2) is 0 Å². The molecule has 1 amide bonds. The van der Waals surface area contributed by atoms with Crippen molar-refractivity contribution in [3.63, 3.8) is 0 Å². The van der Waals surface area contributed by atoms with E-state index in [1.165, 1.54) is 0 Å².